The van der Waals surface area contributed by atoms with Crippen LogP contribution in [0.2, 0.25) is 0 Å². The zero-order chi connectivity index (χ0) is 20.5. The van der Waals surface area contributed by atoms with Crippen LogP contribution in [0.4, 0.5) is 8.78 Å². The molecule has 0 heterocycles. The van der Waals surface area contributed by atoms with Crippen molar-refractivity contribution in [1.82, 2.24) is 10.2 Å². The van der Waals surface area contributed by atoms with Crippen LogP contribution in [0.15, 0.2) is 48.5 Å². The van der Waals surface area contributed by atoms with Crippen LogP contribution in [0.5, 0.6) is 0 Å². The van der Waals surface area contributed by atoms with E-state index in [1.807, 2.05) is 6.92 Å². The summed E-state index contributed by atoms with van der Waals surface area (Å²) in [6.45, 7) is 2.03. The van der Waals surface area contributed by atoms with E-state index < -0.39 is 6.04 Å². The quantitative estimate of drug-likeness (QED) is 0.690. The van der Waals surface area contributed by atoms with E-state index in [-0.39, 0.29) is 35.7 Å². The maximum atomic E-state index is 13.7. The molecular formula is C21H24F2N2O2S. The maximum absolute atomic E-state index is 13.7. The van der Waals surface area contributed by atoms with Crippen LogP contribution in [-0.2, 0) is 21.9 Å². The first-order valence-corrected chi connectivity index (χ1v) is 10.2. The van der Waals surface area contributed by atoms with Crippen molar-refractivity contribution in [2.24, 2.45) is 0 Å². The first-order valence-electron chi connectivity index (χ1n) is 9.03. The Bertz CT molecular complexity index is 799. The predicted octanol–water partition coefficient (Wildman–Crippen LogP) is 3.75. The largest absolute Gasteiger partial charge is 0.357 e. The number of hydrogen-bond donors (Lipinski definition) is 1. The summed E-state index contributed by atoms with van der Waals surface area (Å²) in [6, 6.07) is 11.7. The third-order valence-corrected chi connectivity index (χ3v) is 5.31. The molecule has 2 aromatic rings. The summed E-state index contributed by atoms with van der Waals surface area (Å²) >= 11 is 1.29. The monoisotopic (exact) mass is 406 g/mol. The molecule has 7 heteroatoms. The molecule has 0 aliphatic carbocycles. The Kier molecular flexibility index (Phi) is 8.44. The number of benzene rings is 2. The maximum Gasteiger partial charge on any atom is 0.242 e. The molecule has 4 nitrogen and oxygen atoms in total. The van der Waals surface area contributed by atoms with Crippen LogP contribution in [0.3, 0.4) is 0 Å². The average Bonchev–Trinajstić information content (AvgIpc) is 2.70. The molecule has 0 bridgehead atoms. The van der Waals surface area contributed by atoms with Gasteiger partial charge in [0.25, 0.3) is 0 Å². The zero-order valence-corrected chi connectivity index (χ0v) is 16.8. The van der Waals surface area contributed by atoms with Gasteiger partial charge < -0.3 is 10.2 Å². The summed E-state index contributed by atoms with van der Waals surface area (Å²) in [5.41, 5.74) is 1.26. The second-order valence-electron chi connectivity index (χ2n) is 6.27. The lowest BCUT2D eigenvalue weighted by Gasteiger charge is -2.30. The molecule has 1 atom stereocenters. The first-order chi connectivity index (χ1) is 13.5. The van der Waals surface area contributed by atoms with E-state index in [0.717, 1.165) is 5.56 Å². The zero-order valence-electron chi connectivity index (χ0n) is 16.0. The Morgan fingerprint density at radius 3 is 2.39 bits per heavy atom. The van der Waals surface area contributed by atoms with E-state index in [2.05, 4.69) is 5.32 Å². The third-order valence-electron chi connectivity index (χ3n) is 4.34. The molecule has 0 saturated heterocycles. The Hall–Kier alpha value is -2.41. The summed E-state index contributed by atoms with van der Waals surface area (Å²) in [4.78, 5) is 26.6. The van der Waals surface area contributed by atoms with E-state index in [9.17, 15) is 18.4 Å². The fourth-order valence-electron chi connectivity index (χ4n) is 2.82. The van der Waals surface area contributed by atoms with Gasteiger partial charge in [-0.25, -0.2) is 8.78 Å². The fourth-order valence-corrected chi connectivity index (χ4v) is 3.72. The number of halogens is 2. The second kappa shape index (κ2) is 10.8. The summed E-state index contributed by atoms with van der Waals surface area (Å²) in [5.74, 6) is -0.663. The normalized spacial score (nSPS) is 11.7. The van der Waals surface area contributed by atoms with Gasteiger partial charge in [-0.15, -0.1) is 11.8 Å². The highest BCUT2D eigenvalue weighted by atomic mass is 32.2. The molecule has 28 heavy (non-hydrogen) atoms. The van der Waals surface area contributed by atoms with E-state index in [4.69, 9.17) is 0 Å². The van der Waals surface area contributed by atoms with Crippen LogP contribution in [0.25, 0.3) is 0 Å². The van der Waals surface area contributed by atoms with Gasteiger partial charge in [0.05, 0.1) is 5.75 Å². The Morgan fingerprint density at radius 1 is 1.11 bits per heavy atom. The molecule has 0 radical (unpaired) electrons. The number of hydrogen-bond acceptors (Lipinski definition) is 3. The molecule has 0 unspecified atom stereocenters. The Morgan fingerprint density at radius 2 is 1.79 bits per heavy atom. The van der Waals surface area contributed by atoms with Gasteiger partial charge in [0.15, 0.2) is 0 Å². The molecule has 0 spiro atoms. The SMILES string of the molecule is CC[C@H](C(=O)NC)N(Cc1ccc(F)cc1)C(=O)CSCc1ccccc1F. The van der Waals surface area contributed by atoms with Crippen molar-refractivity contribution in [3.8, 4) is 0 Å². The van der Waals surface area contributed by atoms with Gasteiger partial charge in [0, 0.05) is 19.3 Å². The highest BCUT2D eigenvalue weighted by molar-refractivity contribution is 7.99. The first kappa shape index (κ1) is 21.9. The molecule has 0 fully saturated rings. The molecule has 0 aliphatic rings. The van der Waals surface area contributed by atoms with Crippen LogP contribution in [0.1, 0.15) is 24.5 Å². The van der Waals surface area contributed by atoms with Crippen LogP contribution >= 0.6 is 11.8 Å². The predicted molar refractivity (Wildman–Crippen MR) is 108 cm³/mol. The van der Waals surface area contributed by atoms with Crippen molar-refractivity contribution >= 4 is 23.6 Å². The molecule has 2 rings (SSSR count). The molecule has 2 aromatic carbocycles. The minimum atomic E-state index is -0.628. The molecule has 1 N–H and O–H groups in total. The van der Waals surface area contributed by atoms with Crippen molar-refractivity contribution in [2.75, 3.05) is 12.8 Å². The summed E-state index contributed by atoms with van der Waals surface area (Å²) in [6.07, 6.45) is 0.449. The number of amides is 2. The van der Waals surface area contributed by atoms with E-state index in [1.54, 1.807) is 30.3 Å². The van der Waals surface area contributed by atoms with Gasteiger partial charge in [0.2, 0.25) is 11.8 Å². The van der Waals surface area contributed by atoms with E-state index in [1.165, 1.54) is 41.9 Å². The van der Waals surface area contributed by atoms with Crippen molar-refractivity contribution in [3.05, 3.63) is 71.3 Å². The lowest BCUT2D eigenvalue weighted by atomic mass is 10.1. The molecule has 2 amide bonds. The standard InChI is InChI=1S/C21H24F2N2O2S/c1-3-19(21(27)24-2)25(12-15-8-10-17(22)11-9-15)20(26)14-28-13-16-6-4-5-7-18(16)23/h4-11,19H,3,12-14H2,1-2H3,(H,24,27)/t19-/m1/s1. The van der Waals surface area contributed by atoms with Gasteiger partial charge in [-0.3, -0.25) is 9.59 Å². The number of nitrogens with zero attached hydrogens (tertiary/aromatic N) is 1. The molecule has 0 aliphatic heterocycles. The minimum absolute atomic E-state index is 0.114. The lowest BCUT2D eigenvalue weighted by molar-refractivity contribution is -0.139. The van der Waals surface area contributed by atoms with Crippen LogP contribution in [-0.4, -0.2) is 35.6 Å². The average molecular weight is 406 g/mol. The number of likely N-dealkylation sites (N-methyl/N-ethyl adjacent to an activating group) is 1. The van der Waals surface area contributed by atoms with Crippen LogP contribution in [0, 0.1) is 11.6 Å². The summed E-state index contributed by atoms with van der Waals surface area (Å²) in [7, 11) is 1.53. The number of carbonyl (C=O) groups is 2. The van der Waals surface area contributed by atoms with Gasteiger partial charge in [-0.1, -0.05) is 37.3 Å². The number of nitrogens with one attached hydrogen (secondary N) is 1. The number of rotatable bonds is 9. The second-order valence-corrected chi connectivity index (χ2v) is 7.26. The molecular weight excluding hydrogens is 382 g/mol. The van der Waals surface area contributed by atoms with Crippen molar-refractivity contribution < 1.29 is 18.4 Å². The van der Waals surface area contributed by atoms with Crippen molar-refractivity contribution in [1.29, 1.82) is 0 Å². The van der Waals surface area contributed by atoms with E-state index >= 15 is 0 Å². The van der Waals surface area contributed by atoms with Gasteiger partial charge in [0.1, 0.15) is 17.7 Å². The van der Waals surface area contributed by atoms with Gasteiger partial charge in [-0.05, 0) is 35.7 Å². The van der Waals surface area contributed by atoms with Crippen LogP contribution < -0.4 is 5.32 Å². The van der Waals surface area contributed by atoms with Crippen molar-refractivity contribution in [3.63, 3.8) is 0 Å². The summed E-state index contributed by atoms with van der Waals surface area (Å²) < 4.78 is 26.9. The Balaban J connectivity index is 2.10. The van der Waals surface area contributed by atoms with E-state index in [0.29, 0.717) is 17.7 Å². The molecule has 0 saturated carbocycles. The molecule has 150 valence electrons. The smallest absolute Gasteiger partial charge is 0.242 e. The topological polar surface area (TPSA) is 49.4 Å². The Labute approximate surface area is 168 Å². The van der Waals surface area contributed by atoms with Gasteiger partial charge >= 0.3 is 0 Å². The number of carbonyl (C=O) groups excluding carboxylic acids is 2. The highest BCUT2D eigenvalue weighted by Gasteiger charge is 2.27. The van der Waals surface area contributed by atoms with Crippen molar-refractivity contribution in [2.45, 2.75) is 31.7 Å². The molecule has 0 aromatic heterocycles. The highest BCUT2D eigenvalue weighted by Crippen LogP contribution is 2.19. The fraction of sp³-hybridized carbons (Fsp3) is 0.333. The summed E-state index contributed by atoms with van der Waals surface area (Å²) in [5, 5.41) is 2.59. The number of thioether (sulfide) groups is 1. The third kappa shape index (κ3) is 6.05. The minimum Gasteiger partial charge on any atom is -0.357 e. The van der Waals surface area contributed by atoms with Gasteiger partial charge in [-0.2, -0.15) is 0 Å². The lowest BCUT2D eigenvalue weighted by Crippen LogP contribution is -2.48.